The zero-order chi connectivity index (χ0) is 21.0. The number of aryl methyl sites for hydroxylation is 2. The lowest BCUT2D eigenvalue weighted by atomic mass is 10.1. The molecule has 1 saturated heterocycles. The molecule has 30 heavy (non-hydrogen) atoms. The molecule has 0 unspecified atom stereocenters. The van der Waals surface area contributed by atoms with E-state index in [1.807, 2.05) is 13.0 Å². The third-order valence-electron chi connectivity index (χ3n) is 5.59. The van der Waals surface area contributed by atoms with Crippen LogP contribution in [0.2, 0.25) is 0 Å². The van der Waals surface area contributed by atoms with Crippen LogP contribution in [0, 0.1) is 6.92 Å². The lowest BCUT2D eigenvalue weighted by Gasteiger charge is -2.22. The minimum atomic E-state index is -3.03. The van der Waals surface area contributed by atoms with Gasteiger partial charge in [-0.05, 0) is 31.4 Å². The molecular weight excluding hydrogens is 408 g/mol. The maximum atomic E-state index is 12.9. The summed E-state index contributed by atoms with van der Waals surface area (Å²) in [7, 11) is -1.36. The summed E-state index contributed by atoms with van der Waals surface area (Å²) < 4.78 is 28.4. The van der Waals surface area contributed by atoms with Gasteiger partial charge >= 0.3 is 5.69 Å². The fourth-order valence-corrected chi connectivity index (χ4v) is 5.34. The highest BCUT2D eigenvalue weighted by molar-refractivity contribution is 7.91. The first-order chi connectivity index (χ1) is 14.3. The van der Waals surface area contributed by atoms with Crippen LogP contribution in [-0.4, -0.2) is 53.6 Å². The van der Waals surface area contributed by atoms with Gasteiger partial charge in [0.15, 0.2) is 11.3 Å². The van der Waals surface area contributed by atoms with Gasteiger partial charge in [-0.3, -0.25) is 9.13 Å². The predicted molar refractivity (Wildman–Crippen MR) is 111 cm³/mol. The maximum absolute atomic E-state index is 12.9. The number of nitrogens with one attached hydrogen (secondary N) is 1. The standard InChI is InChI=1S/C18H20N8O3S/c1-11-7-15-20-10-21-25(15)9-13(11)22-17-19-8-14-16(23-17)26(18(27)24(14)2)12-3-5-30(28,29)6-4-12/h7-10,12H,3-6H2,1-2H3,(H,19,22,23). The highest BCUT2D eigenvalue weighted by atomic mass is 32.2. The van der Waals surface area contributed by atoms with Crippen LogP contribution in [0.4, 0.5) is 11.6 Å². The van der Waals surface area contributed by atoms with Crippen molar-refractivity contribution in [1.82, 2.24) is 33.7 Å². The van der Waals surface area contributed by atoms with Crippen LogP contribution in [0.3, 0.4) is 0 Å². The first-order valence-corrected chi connectivity index (χ1v) is 11.4. The van der Waals surface area contributed by atoms with Gasteiger partial charge in [-0.15, -0.1) is 0 Å². The molecule has 4 aromatic rings. The maximum Gasteiger partial charge on any atom is 0.330 e. The average molecular weight is 428 g/mol. The number of nitrogens with zero attached hydrogens (tertiary/aromatic N) is 7. The Labute approximate surface area is 171 Å². The normalized spacial score (nSPS) is 17.0. The minimum absolute atomic E-state index is 0.0772. The molecule has 0 aliphatic carbocycles. The van der Waals surface area contributed by atoms with Crippen LogP contribution in [-0.2, 0) is 16.9 Å². The summed E-state index contributed by atoms with van der Waals surface area (Å²) in [6, 6.07) is 1.69. The van der Waals surface area contributed by atoms with Gasteiger partial charge in [0.1, 0.15) is 21.7 Å². The molecule has 12 heteroatoms. The van der Waals surface area contributed by atoms with E-state index in [4.69, 9.17) is 0 Å². The van der Waals surface area contributed by atoms with E-state index in [0.29, 0.717) is 30.0 Å². The lowest BCUT2D eigenvalue weighted by molar-refractivity contribution is 0.443. The van der Waals surface area contributed by atoms with Gasteiger partial charge in [-0.1, -0.05) is 0 Å². The van der Waals surface area contributed by atoms with Gasteiger partial charge in [-0.25, -0.2) is 27.7 Å². The molecule has 1 aliphatic rings. The number of fused-ring (bicyclic) bond motifs is 2. The first kappa shape index (κ1) is 18.7. The van der Waals surface area contributed by atoms with Crippen LogP contribution in [0.15, 0.2) is 29.6 Å². The molecule has 156 valence electrons. The smallest absolute Gasteiger partial charge is 0.323 e. The van der Waals surface area contributed by atoms with Crippen molar-refractivity contribution < 1.29 is 8.42 Å². The third kappa shape index (κ3) is 3.03. The molecule has 1 fully saturated rings. The summed E-state index contributed by atoms with van der Waals surface area (Å²) in [6.07, 6.45) is 5.68. The highest BCUT2D eigenvalue weighted by Crippen LogP contribution is 2.27. The minimum Gasteiger partial charge on any atom is -0.323 e. The summed E-state index contributed by atoms with van der Waals surface area (Å²) in [5.41, 5.74) is 3.31. The molecule has 0 bridgehead atoms. The Morgan fingerprint density at radius 2 is 1.97 bits per heavy atom. The van der Waals surface area contributed by atoms with Crippen LogP contribution in [0.25, 0.3) is 16.8 Å². The van der Waals surface area contributed by atoms with Crippen molar-refractivity contribution in [2.75, 3.05) is 16.8 Å². The second-order valence-corrected chi connectivity index (χ2v) is 9.86. The molecule has 1 N–H and O–H groups in total. The number of hydrogen-bond donors (Lipinski definition) is 1. The Morgan fingerprint density at radius 3 is 2.73 bits per heavy atom. The van der Waals surface area contributed by atoms with Crippen LogP contribution in [0.5, 0.6) is 0 Å². The zero-order valence-corrected chi connectivity index (χ0v) is 17.3. The Kier molecular flexibility index (Phi) is 4.13. The van der Waals surface area contributed by atoms with Crippen molar-refractivity contribution in [3.8, 4) is 0 Å². The second-order valence-electron chi connectivity index (χ2n) is 7.55. The van der Waals surface area contributed by atoms with Gasteiger partial charge < -0.3 is 5.32 Å². The highest BCUT2D eigenvalue weighted by Gasteiger charge is 2.28. The Balaban J connectivity index is 1.56. The van der Waals surface area contributed by atoms with Gasteiger partial charge in [0.25, 0.3) is 0 Å². The molecule has 0 saturated carbocycles. The van der Waals surface area contributed by atoms with Crippen molar-refractivity contribution in [2.45, 2.75) is 25.8 Å². The summed E-state index contributed by atoms with van der Waals surface area (Å²) >= 11 is 0. The van der Waals surface area contributed by atoms with Crippen molar-refractivity contribution in [3.05, 3.63) is 40.8 Å². The van der Waals surface area contributed by atoms with Crippen LogP contribution >= 0.6 is 0 Å². The van der Waals surface area contributed by atoms with Crippen molar-refractivity contribution in [1.29, 1.82) is 0 Å². The average Bonchev–Trinajstić information content (AvgIpc) is 3.25. The number of aromatic nitrogens is 7. The topological polar surface area (TPSA) is 129 Å². The summed E-state index contributed by atoms with van der Waals surface area (Å²) in [4.78, 5) is 26.0. The molecular formula is C18H20N8O3S. The molecule has 0 spiro atoms. The molecule has 1 aliphatic heterocycles. The summed E-state index contributed by atoms with van der Waals surface area (Å²) in [5, 5.41) is 7.33. The van der Waals surface area contributed by atoms with Gasteiger partial charge in [-0.2, -0.15) is 10.1 Å². The number of hydrogen-bond acceptors (Lipinski definition) is 8. The van der Waals surface area contributed by atoms with Crippen molar-refractivity contribution >= 4 is 38.3 Å². The molecule has 11 nitrogen and oxygen atoms in total. The van der Waals surface area contributed by atoms with E-state index in [-0.39, 0.29) is 23.2 Å². The van der Waals surface area contributed by atoms with E-state index in [1.165, 1.54) is 10.9 Å². The van der Waals surface area contributed by atoms with E-state index in [1.54, 1.807) is 28.5 Å². The van der Waals surface area contributed by atoms with Gasteiger partial charge in [0.05, 0.1) is 29.6 Å². The summed E-state index contributed by atoms with van der Waals surface area (Å²) in [5.74, 6) is 0.495. The fraction of sp³-hybridized carbons (Fsp3) is 0.389. The van der Waals surface area contributed by atoms with E-state index >= 15 is 0 Å². The van der Waals surface area contributed by atoms with Crippen molar-refractivity contribution in [2.24, 2.45) is 7.05 Å². The Bertz CT molecular complexity index is 1440. The molecule has 5 heterocycles. The number of pyridine rings is 1. The molecule has 5 rings (SSSR count). The zero-order valence-electron chi connectivity index (χ0n) is 16.5. The van der Waals surface area contributed by atoms with Gasteiger partial charge in [0.2, 0.25) is 5.95 Å². The quantitative estimate of drug-likeness (QED) is 0.511. The number of imidazole rings is 1. The van der Waals surface area contributed by atoms with E-state index in [0.717, 1.165) is 16.9 Å². The van der Waals surface area contributed by atoms with E-state index in [9.17, 15) is 13.2 Å². The monoisotopic (exact) mass is 428 g/mol. The number of sulfone groups is 1. The lowest BCUT2D eigenvalue weighted by Crippen LogP contribution is -2.32. The van der Waals surface area contributed by atoms with Crippen molar-refractivity contribution in [3.63, 3.8) is 0 Å². The number of anilines is 2. The SMILES string of the molecule is Cc1cc2ncnn2cc1Nc1ncc2c(n1)n(C1CCS(=O)(=O)CC1)c(=O)n2C. The van der Waals surface area contributed by atoms with Crippen LogP contribution < -0.4 is 11.0 Å². The first-order valence-electron chi connectivity index (χ1n) is 9.54. The van der Waals surface area contributed by atoms with Crippen LogP contribution in [0.1, 0.15) is 24.4 Å². The molecule has 0 aromatic carbocycles. The summed E-state index contributed by atoms with van der Waals surface area (Å²) in [6.45, 7) is 1.94. The van der Waals surface area contributed by atoms with Gasteiger partial charge in [0, 0.05) is 13.1 Å². The number of rotatable bonds is 3. The Morgan fingerprint density at radius 1 is 1.20 bits per heavy atom. The molecule has 0 radical (unpaired) electrons. The molecule has 0 amide bonds. The molecule has 0 atom stereocenters. The van der Waals surface area contributed by atoms with E-state index < -0.39 is 9.84 Å². The third-order valence-corrected chi connectivity index (χ3v) is 7.31. The van der Waals surface area contributed by atoms with E-state index in [2.05, 4.69) is 25.4 Å². The predicted octanol–water partition coefficient (Wildman–Crippen LogP) is 0.974. The Hall–Kier alpha value is -3.28. The second kappa shape index (κ2) is 6.62. The fourth-order valence-electron chi connectivity index (χ4n) is 3.87. The largest absolute Gasteiger partial charge is 0.330 e. The molecule has 4 aromatic heterocycles.